The lowest BCUT2D eigenvalue weighted by atomic mass is 10.1. The molecule has 1 heterocycles. The van der Waals surface area contributed by atoms with Gasteiger partial charge in [-0.1, -0.05) is 0 Å². The van der Waals surface area contributed by atoms with Crippen molar-refractivity contribution in [2.45, 2.75) is 6.92 Å². The Hall–Kier alpha value is -1.05. The van der Waals surface area contributed by atoms with Gasteiger partial charge in [-0.05, 0) is 19.1 Å². The number of aryl methyl sites for hydroxylation is 1. The topological polar surface area (TPSA) is 28.7 Å². The second-order valence-corrected chi connectivity index (χ2v) is 1.98. The van der Waals surface area contributed by atoms with E-state index in [-0.39, 0.29) is 0 Å². The van der Waals surface area contributed by atoms with Gasteiger partial charge >= 0.3 is 0 Å². The molecule has 0 saturated carbocycles. The molecular formula is C6H6N2. The highest BCUT2D eigenvalue weighted by molar-refractivity contribution is 5.84. The van der Waals surface area contributed by atoms with Crippen molar-refractivity contribution in [3.05, 3.63) is 17.0 Å². The number of hydrogen-bond donors (Lipinski definition) is 1. The van der Waals surface area contributed by atoms with Gasteiger partial charge in [-0.2, -0.15) is 5.10 Å². The molecule has 40 valence electrons. The summed E-state index contributed by atoms with van der Waals surface area (Å²) in [6, 6.07) is 0. The zero-order chi connectivity index (χ0) is 5.56. The first-order valence-electron chi connectivity index (χ1n) is 2.61. The Morgan fingerprint density at radius 1 is 1.50 bits per heavy atom. The second kappa shape index (κ2) is 1.02. The van der Waals surface area contributed by atoms with E-state index in [9.17, 15) is 0 Å². The van der Waals surface area contributed by atoms with Crippen LogP contribution in [-0.2, 0) is 0 Å². The molecule has 0 amide bonds. The van der Waals surface area contributed by atoms with Crippen molar-refractivity contribution in [3.8, 4) is 0 Å². The second-order valence-electron chi connectivity index (χ2n) is 1.98. The molecule has 1 aromatic heterocycles. The summed E-state index contributed by atoms with van der Waals surface area (Å²) in [4.78, 5) is 0. The van der Waals surface area contributed by atoms with Crippen LogP contribution in [0, 0.1) is 6.92 Å². The normalized spacial score (nSPS) is 13.1. The first-order chi connectivity index (χ1) is 3.88. The van der Waals surface area contributed by atoms with E-state index in [4.69, 9.17) is 0 Å². The summed E-state index contributed by atoms with van der Waals surface area (Å²) in [5, 5.41) is 6.88. The number of aromatic nitrogens is 2. The lowest BCUT2D eigenvalue weighted by Crippen LogP contribution is -1.84. The molecule has 1 aliphatic rings. The summed E-state index contributed by atoms with van der Waals surface area (Å²) >= 11 is 0. The summed E-state index contributed by atoms with van der Waals surface area (Å²) in [7, 11) is 0. The van der Waals surface area contributed by atoms with Crippen LogP contribution in [0.1, 0.15) is 17.0 Å². The highest BCUT2D eigenvalue weighted by Gasteiger charge is 2.09. The monoisotopic (exact) mass is 106 g/mol. The molecule has 8 heavy (non-hydrogen) atoms. The van der Waals surface area contributed by atoms with Gasteiger partial charge in [0.15, 0.2) is 0 Å². The number of aromatic amines is 1. The Morgan fingerprint density at radius 2 is 2.38 bits per heavy atom. The first-order valence-corrected chi connectivity index (χ1v) is 2.61. The van der Waals surface area contributed by atoms with Gasteiger partial charge in [0.1, 0.15) is 0 Å². The van der Waals surface area contributed by atoms with Crippen molar-refractivity contribution in [2.75, 3.05) is 0 Å². The van der Waals surface area contributed by atoms with Gasteiger partial charge in [-0.3, -0.25) is 5.10 Å². The maximum atomic E-state index is 3.99. The lowest BCUT2D eigenvalue weighted by Gasteiger charge is -1.98. The molecule has 2 heteroatoms. The van der Waals surface area contributed by atoms with Gasteiger partial charge in [0.25, 0.3) is 0 Å². The third-order valence-electron chi connectivity index (χ3n) is 1.43. The summed E-state index contributed by atoms with van der Waals surface area (Å²) in [6.45, 7) is 2.02. The van der Waals surface area contributed by atoms with Gasteiger partial charge in [-0.15, -0.1) is 0 Å². The van der Waals surface area contributed by atoms with Crippen LogP contribution < -0.4 is 0 Å². The zero-order valence-electron chi connectivity index (χ0n) is 4.60. The minimum Gasteiger partial charge on any atom is -0.282 e. The molecule has 1 aromatic rings. The van der Waals surface area contributed by atoms with Crippen LogP contribution in [0.5, 0.6) is 0 Å². The first kappa shape index (κ1) is 3.89. The predicted octanol–water partition coefficient (Wildman–Crippen LogP) is 1.20. The Labute approximate surface area is 47.2 Å². The van der Waals surface area contributed by atoms with Crippen molar-refractivity contribution in [1.29, 1.82) is 0 Å². The minimum atomic E-state index is 1.10. The minimum absolute atomic E-state index is 1.10. The smallest absolute Gasteiger partial charge is 0.0923 e. The summed E-state index contributed by atoms with van der Waals surface area (Å²) in [5.74, 6) is 0. The third kappa shape index (κ3) is 0.269. The quantitative estimate of drug-likeness (QED) is 0.537. The molecule has 1 N–H and O–H groups in total. The average molecular weight is 106 g/mol. The Bertz CT molecular complexity index is 245. The Kier molecular flexibility index (Phi) is 0.497. The molecule has 0 atom stereocenters. The fourth-order valence-corrected chi connectivity index (χ4v) is 0.860. The SMILES string of the molecule is Cc1[nH]nc2c1C=C2. The van der Waals surface area contributed by atoms with E-state index in [0.717, 1.165) is 5.69 Å². The Morgan fingerprint density at radius 3 is 2.62 bits per heavy atom. The molecule has 0 radical (unpaired) electrons. The van der Waals surface area contributed by atoms with E-state index in [1.165, 1.54) is 11.3 Å². The molecule has 1 aliphatic carbocycles. The number of nitrogens with one attached hydrogen (secondary N) is 1. The van der Waals surface area contributed by atoms with Crippen LogP contribution in [0.2, 0.25) is 0 Å². The lowest BCUT2D eigenvalue weighted by molar-refractivity contribution is 1.04. The number of fused-ring (bicyclic) bond motifs is 1. The molecule has 2 nitrogen and oxygen atoms in total. The fourth-order valence-electron chi connectivity index (χ4n) is 0.860. The average Bonchev–Trinajstić information content (AvgIpc) is 1.80. The van der Waals surface area contributed by atoms with Gasteiger partial charge < -0.3 is 0 Å². The molecule has 0 aromatic carbocycles. The molecule has 0 bridgehead atoms. The molecule has 0 unspecified atom stereocenters. The van der Waals surface area contributed by atoms with Gasteiger partial charge in [0.05, 0.1) is 5.69 Å². The van der Waals surface area contributed by atoms with Crippen LogP contribution >= 0.6 is 0 Å². The molecule has 0 saturated heterocycles. The van der Waals surface area contributed by atoms with E-state index < -0.39 is 0 Å². The summed E-state index contributed by atoms with van der Waals surface area (Å²) < 4.78 is 0. The standard InChI is InChI=1S/C6H6N2/c1-4-5-2-3-6(5)8-7-4/h2-3H,1H3,(H,7,8). The van der Waals surface area contributed by atoms with Crippen LogP contribution in [0.15, 0.2) is 0 Å². The van der Waals surface area contributed by atoms with Gasteiger partial charge in [-0.25, -0.2) is 0 Å². The molecule has 2 rings (SSSR count). The fraction of sp³-hybridized carbons (Fsp3) is 0.167. The molecule has 0 spiro atoms. The molecule has 0 aliphatic heterocycles. The number of H-pyrrole nitrogens is 1. The zero-order valence-corrected chi connectivity index (χ0v) is 4.60. The van der Waals surface area contributed by atoms with E-state index in [1.807, 2.05) is 13.0 Å². The van der Waals surface area contributed by atoms with Gasteiger partial charge in [0, 0.05) is 11.3 Å². The molecule has 0 fully saturated rings. The van der Waals surface area contributed by atoms with Crippen molar-refractivity contribution in [1.82, 2.24) is 10.2 Å². The summed E-state index contributed by atoms with van der Waals surface area (Å²) in [5.41, 5.74) is 3.54. The number of hydrogen-bond acceptors (Lipinski definition) is 1. The maximum Gasteiger partial charge on any atom is 0.0923 e. The van der Waals surface area contributed by atoms with Crippen molar-refractivity contribution in [3.63, 3.8) is 0 Å². The molecular weight excluding hydrogens is 100 g/mol. The summed E-state index contributed by atoms with van der Waals surface area (Å²) in [6.07, 6.45) is 4.06. The Balaban J connectivity index is 2.73. The van der Waals surface area contributed by atoms with Crippen molar-refractivity contribution >= 4 is 12.2 Å². The van der Waals surface area contributed by atoms with Crippen LogP contribution in [-0.4, -0.2) is 10.2 Å². The van der Waals surface area contributed by atoms with Crippen LogP contribution in [0.3, 0.4) is 0 Å². The number of nitrogens with zero attached hydrogens (tertiary/aromatic N) is 1. The predicted molar refractivity (Wildman–Crippen MR) is 32.3 cm³/mol. The van der Waals surface area contributed by atoms with E-state index >= 15 is 0 Å². The highest BCUT2D eigenvalue weighted by atomic mass is 15.1. The largest absolute Gasteiger partial charge is 0.282 e. The van der Waals surface area contributed by atoms with Crippen molar-refractivity contribution in [2.24, 2.45) is 0 Å². The van der Waals surface area contributed by atoms with Gasteiger partial charge in [0.2, 0.25) is 0 Å². The number of rotatable bonds is 0. The third-order valence-corrected chi connectivity index (χ3v) is 1.43. The van der Waals surface area contributed by atoms with Crippen molar-refractivity contribution < 1.29 is 0 Å². The van der Waals surface area contributed by atoms with Crippen LogP contribution in [0.4, 0.5) is 0 Å². The van der Waals surface area contributed by atoms with Crippen LogP contribution in [0.25, 0.3) is 12.2 Å². The maximum absolute atomic E-state index is 3.99. The van der Waals surface area contributed by atoms with E-state index in [2.05, 4.69) is 16.3 Å². The van der Waals surface area contributed by atoms with E-state index in [1.54, 1.807) is 0 Å². The van der Waals surface area contributed by atoms with E-state index in [0.29, 0.717) is 0 Å². The highest BCUT2D eigenvalue weighted by Crippen LogP contribution is 2.22.